The molecule has 0 aliphatic carbocycles. The summed E-state index contributed by atoms with van der Waals surface area (Å²) in [6, 6.07) is 10.1. The number of ether oxygens (including phenoxy) is 1. The number of rotatable bonds is 12. The van der Waals surface area contributed by atoms with E-state index in [0.29, 0.717) is 21.9 Å². The van der Waals surface area contributed by atoms with E-state index in [2.05, 4.69) is 10.6 Å². The zero-order valence-electron chi connectivity index (χ0n) is 19.9. The highest BCUT2D eigenvalue weighted by Gasteiger charge is 2.33. The number of halogens is 1. The number of aliphatic carboxylic acids is 2. The molecule has 0 aliphatic rings. The van der Waals surface area contributed by atoms with E-state index in [1.54, 1.807) is 36.4 Å². The van der Waals surface area contributed by atoms with Gasteiger partial charge in [-0.25, -0.2) is 4.79 Å². The Morgan fingerprint density at radius 3 is 1.94 bits per heavy atom. The molecule has 0 radical (unpaired) electrons. The third-order valence-electron chi connectivity index (χ3n) is 5.15. The second-order valence-corrected chi connectivity index (χ2v) is 8.94. The molecular weight excluding hydrogens is 492 g/mol. The SMILES string of the molecule is CC(NC(=O)C(C)(C)Oc1ccc(C(=O)c2ccc(Cl)cc2)cc1)C(=O)NC(CCC(=O)O)C(=O)O. The Morgan fingerprint density at radius 1 is 0.917 bits per heavy atom. The number of nitrogens with one attached hydrogen (secondary N) is 2. The van der Waals surface area contributed by atoms with Gasteiger partial charge in [0, 0.05) is 22.6 Å². The minimum atomic E-state index is -1.42. The van der Waals surface area contributed by atoms with E-state index in [-0.39, 0.29) is 12.2 Å². The maximum Gasteiger partial charge on any atom is 0.326 e. The number of amides is 2. The van der Waals surface area contributed by atoms with Crippen LogP contribution in [-0.2, 0) is 19.2 Å². The van der Waals surface area contributed by atoms with Crippen molar-refractivity contribution in [3.05, 3.63) is 64.7 Å². The number of carbonyl (C=O) groups excluding carboxylic acids is 3. The number of carbonyl (C=O) groups is 5. The monoisotopic (exact) mass is 518 g/mol. The fourth-order valence-electron chi connectivity index (χ4n) is 3.04. The Hall–Kier alpha value is -3.92. The van der Waals surface area contributed by atoms with Crippen LogP contribution in [-0.4, -0.2) is 57.4 Å². The molecule has 11 heteroatoms. The molecule has 2 aromatic rings. The first-order valence-corrected chi connectivity index (χ1v) is 11.3. The molecule has 0 spiro atoms. The molecule has 2 unspecified atom stereocenters. The summed E-state index contributed by atoms with van der Waals surface area (Å²) in [7, 11) is 0. The number of benzene rings is 2. The van der Waals surface area contributed by atoms with Gasteiger partial charge in [-0.2, -0.15) is 0 Å². The van der Waals surface area contributed by atoms with Crippen molar-refractivity contribution in [2.45, 2.75) is 51.3 Å². The van der Waals surface area contributed by atoms with Crippen molar-refractivity contribution in [1.82, 2.24) is 10.6 Å². The van der Waals surface area contributed by atoms with Crippen molar-refractivity contribution < 1.29 is 38.9 Å². The van der Waals surface area contributed by atoms with Crippen LogP contribution in [0.1, 0.15) is 49.5 Å². The summed E-state index contributed by atoms with van der Waals surface area (Å²) >= 11 is 5.85. The summed E-state index contributed by atoms with van der Waals surface area (Å²) in [5, 5.41) is 23.1. The van der Waals surface area contributed by atoms with E-state index in [1.807, 2.05) is 0 Å². The van der Waals surface area contributed by atoms with Crippen LogP contribution in [0.2, 0.25) is 5.02 Å². The number of hydrogen-bond donors (Lipinski definition) is 4. The zero-order valence-corrected chi connectivity index (χ0v) is 20.7. The zero-order chi connectivity index (χ0) is 27.0. The topological polar surface area (TPSA) is 159 Å². The summed E-state index contributed by atoms with van der Waals surface area (Å²) in [5.74, 6) is -3.92. The summed E-state index contributed by atoms with van der Waals surface area (Å²) in [5.41, 5.74) is -0.549. The van der Waals surface area contributed by atoms with Crippen LogP contribution in [0.25, 0.3) is 0 Å². The van der Waals surface area contributed by atoms with Gasteiger partial charge in [-0.1, -0.05) is 11.6 Å². The number of hydrogen-bond acceptors (Lipinski definition) is 6. The molecule has 10 nitrogen and oxygen atoms in total. The molecule has 2 atom stereocenters. The van der Waals surface area contributed by atoms with Crippen LogP contribution >= 0.6 is 11.6 Å². The average Bonchev–Trinajstić information content (AvgIpc) is 2.81. The normalized spacial score (nSPS) is 12.7. The molecule has 2 rings (SSSR count). The van der Waals surface area contributed by atoms with E-state index in [9.17, 15) is 29.1 Å². The molecule has 192 valence electrons. The minimum Gasteiger partial charge on any atom is -0.481 e. The quantitative estimate of drug-likeness (QED) is 0.312. The molecule has 0 saturated carbocycles. The van der Waals surface area contributed by atoms with Crippen molar-refractivity contribution in [2.75, 3.05) is 0 Å². The second-order valence-electron chi connectivity index (χ2n) is 8.50. The highest BCUT2D eigenvalue weighted by molar-refractivity contribution is 6.30. The predicted octanol–water partition coefficient (Wildman–Crippen LogP) is 2.67. The number of carboxylic acids is 2. The molecule has 0 aliphatic heterocycles. The van der Waals surface area contributed by atoms with Gasteiger partial charge in [0.1, 0.15) is 17.8 Å². The molecule has 0 saturated heterocycles. The molecule has 2 aromatic carbocycles. The van der Waals surface area contributed by atoms with Crippen molar-refractivity contribution in [3.8, 4) is 5.75 Å². The van der Waals surface area contributed by atoms with Crippen LogP contribution in [0.4, 0.5) is 0 Å². The maximum atomic E-state index is 12.7. The lowest BCUT2D eigenvalue weighted by Crippen LogP contribution is -2.55. The third kappa shape index (κ3) is 8.09. The van der Waals surface area contributed by atoms with Crippen LogP contribution in [0.5, 0.6) is 5.75 Å². The molecule has 36 heavy (non-hydrogen) atoms. The van der Waals surface area contributed by atoms with Gasteiger partial charge in [0.05, 0.1) is 0 Å². The predicted molar refractivity (Wildman–Crippen MR) is 130 cm³/mol. The lowest BCUT2D eigenvalue weighted by molar-refractivity contribution is -0.143. The Labute approximate surface area is 212 Å². The summed E-state index contributed by atoms with van der Waals surface area (Å²) in [6.45, 7) is 4.32. The van der Waals surface area contributed by atoms with Gasteiger partial charge in [0.25, 0.3) is 5.91 Å². The van der Waals surface area contributed by atoms with Gasteiger partial charge in [-0.3, -0.25) is 19.2 Å². The maximum absolute atomic E-state index is 12.7. The van der Waals surface area contributed by atoms with Crippen molar-refractivity contribution >= 4 is 41.1 Å². The van der Waals surface area contributed by atoms with E-state index >= 15 is 0 Å². The standard InChI is InChI=1S/C25H27ClN2O8/c1-14(22(32)28-19(23(33)34)12-13-20(29)30)27-24(35)25(2,3)36-18-10-6-16(7-11-18)21(31)15-4-8-17(26)9-5-15/h4-11,14,19H,12-13H2,1-3H3,(H,27,35)(H,28,32)(H,29,30)(H,33,34). The van der Waals surface area contributed by atoms with Gasteiger partial charge < -0.3 is 25.6 Å². The Morgan fingerprint density at radius 2 is 1.44 bits per heavy atom. The molecule has 4 N–H and O–H groups in total. The lowest BCUT2D eigenvalue weighted by atomic mass is 10.0. The lowest BCUT2D eigenvalue weighted by Gasteiger charge is -2.27. The van der Waals surface area contributed by atoms with Gasteiger partial charge in [0.15, 0.2) is 11.4 Å². The van der Waals surface area contributed by atoms with E-state index in [4.69, 9.17) is 21.4 Å². The van der Waals surface area contributed by atoms with Crippen molar-refractivity contribution in [1.29, 1.82) is 0 Å². The van der Waals surface area contributed by atoms with Crippen molar-refractivity contribution in [2.24, 2.45) is 0 Å². The fraction of sp³-hybridized carbons (Fsp3) is 0.320. The van der Waals surface area contributed by atoms with E-state index < -0.39 is 47.9 Å². The van der Waals surface area contributed by atoms with Crippen LogP contribution in [0.15, 0.2) is 48.5 Å². The summed E-state index contributed by atoms with van der Waals surface area (Å²) in [6.07, 6.45) is -0.745. The number of carboxylic acid groups (broad SMARTS) is 2. The average molecular weight is 519 g/mol. The summed E-state index contributed by atoms with van der Waals surface area (Å²) < 4.78 is 5.75. The molecule has 2 amide bonds. The molecule has 0 aromatic heterocycles. The first kappa shape index (κ1) is 28.3. The Balaban J connectivity index is 1.98. The highest BCUT2D eigenvalue weighted by Crippen LogP contribution is 2.21. The molecule has 0 bridgehead atoms. The van der Waals surface area contributed by atoms with E-state index in [0.717, 1.165) is 0 Å². The molecule has 0 fully saturated rings. The number of ketones is 1. The van der Waals surface area contributed by atoms with Gasteiger partial charge in [-0.05, 0) is 75.7 Å². The largest absolute Gasteiger partial charge is 0.481 e. The van der Waals surface area contributed by atoms with E-state index in [1.165, 1.54) is 32.9 Å². The van der Waals surface area contributed by atoms with Gasteiger partial charge in [0.2, 0.25) is 5.91 Å². The third-order valence-corrected chi connectivity index (χ3v) is 5.40. The smallest absolute Gasteiger partial charge is 0.326 e. The van der Waals surface area contributed by atoms with Crippen LogP contribution < -0.4 is 15.4 Å². The molecular formula is C25H27ClN2O8. The first-order chi connectivity index (χ1) is 16.8. The highest BCUT2D eigenvalue weighted by atomic mass is 35.5. The molecule has 0 heterocycles. The Bertz CT molecular complexity index is 1130. The first-order valence-electron chi connectivity index (χ1n) is 11.0. The summed E-state index contributed by atoms with van der Waals surface area (Å²) in [4.78, 5) is 59.6. The minimum absolute atomic E-state index is 0.210. The van der Waals surface area contributed by atoms with Crippen molar-refractivity contribution in [3.63, 3.8) is 0 Å². The van der Waals surface area contributed by atoms with Crippen LogP contribution in [0.3, 0.4) is 0 Å². The van der Waals surface area contributed by atoms with Gasteiger partial charge in [-0.15, -0.1) is 0 Å². The second kappa shape index (κ2) is 12.2. The van der Waals surface area contributed by atoms with Gasteiger partial charge >= 0.3 is 11.9 Å². The van der Waals surface area contributed by atoms with Crippen LogP contribution in [0, 0.1) is 0 Å². The Kier molecular flexibility index (Phi) is 9.57. The fourth-order valence-corrected chi connectivity index (χ4v) is 3.17.